The maximum atomic E-state index is 10.0. The molecule has 1 aromatic carbocycles. The SMILES string of the molecule is CNC(c1ccccc1)C(C)CN1CCC(C)C(O)C1. The van der Waals surface area contributed by atoms with E-state index in [-0.39, 0.29) is 6.10 Å². The van der Waals surface area contributed by atoms with Gasteiger partial charge in [0, 0.05) is 19.1 Å². The number of aliphatic hydroxyl groups is 1. The van der Waals surface area contributed by atoms with Crippen molar-refractivity contribution in [2.75, 3.05) is 26.7 Å². The van der Waals surface area contributed by atoms with Gasteiger partial charge >= 0.3 is 0 Å². The Morgan fingerprint density at radius 1 is 1.35 bits per heavy atom. The maximum absolute atomic E-state index is 10.0. The monoisotopic (exact) mass is 276 g/mol. The molecule has 0 radical (unpaired) electrons. The van der Waals surface area contributed by atoms with Gasteiger partial charge in [-0.15, -0.1) is 0 Å². The lowest BCUT2D eigenvalue weighted by molar-refractivity contribution is 0.0217. The largest absolute Gasteiger partial charge is 0.392 e. The van der Waals surface area contributed by atoms with Crippen LogP contribution in [0.15, 0.2) is 30.3 Å². The Morgan fingerprint density at radius 2 is 2.05 bits per heavy atom. The number of nitrogens with one attached hydrogen (secondary N) is 1. The van der Waals surface area contributed by atoms with Crippen LogP contribution in [0.3, 0.4) is 0 Å². The zero-order valence-electron chi connectivity index (χ0n) is 12.9. The molecule has 0 bridgehead atoms. The molecule has 3 heteroatoms. The first-order chi connectivity index (χ1) is 9.61. The van der Waals surface area contributed by atoms with E-state index in [1.54, 1.807) is 0 Å². The highest BCUT2D eigenvalue weighted by atomic mass is 16.3. The summed E-state index contributed by atoms with van der Waals surface area (Å²) in [5.74, 6) is 0.957. The fourth-order valence-electron chi connectivity index (χ4n) is 3.23. The molecule has 4 atom stereocenters. The highest BCUT2D eigenvalue weighted by Crippen LogP contribution is 2.24. The Bertz CT molecular complexity index is 395. The van der Waals surface area contributed by atoms with E-state index in [0.717, 1.165) is 26.1 Å². The summed E-state index contributed by atoms with van der Waals surface area (Å²) in [6.45, 7) is 7.39. The van der Waals surface area contributed by atoms with Gasteiger partial charge in [0.2, 0.25) is 0 Å². The van der Waals surface area contributed by atoms with Crippen LogP contribution in [0.1, 0.15) is 31.9 Å². The van der Waals surface area contributed by atoms with Crippen molar-refractivity contribution in [2.24, 2.45) is 11.8 Å². The van der Waals surface area contributed by atoms with Crippen molar-refractivity contribution in [3.8, 4) is 0 Å². The number of β-amino-alcohol motifs (C(OH)–C–C–N with tert-alkyl or cyclic N) is 1. The van der Waals surface area contributed by atoms with Crippen molar-refractivity contribution in [1.29, 1.82) is 0 Å². The summed E-state index contributed by atoms with van der Waals surface area (Å²) in [6.07, 6.45) is 0.935. The Morgan fingerprint density at radius 3 is 2.65 bits per heavy atom. The molecule has 3 nitrogen and oxygen atoms in total. The van der Waals surface area contributed by atoms with Crippen LogP contribution in [0.4, 0.5) is 0 Å². The molecule has 0 saturated carbocycles. The number of piperidine rings is 1. The van der Waals surface area contributed by atoms with Crippen molar-refractivity contribution < 1.29 is 5.11 Å². The van der Waals surface area contributed by atoms with Crippen molar-refractivity contribution in [1.82, 2.24) is 10.2 Å². The van der Waals surface area contributed by atoms with Gasteiger partial charge in [-0.3, -0.25) is 0 Å². The number of benzene rings is 1. The van der Waals surface area contributed by atoms with E-state index in [0.29, 0.717) is 17.9 Å². The van der Waals surface area contributed by atoms with Gasteiger partial charge in [0.25, 0.3) is 0 Å². The Balaban J connectivity index is 1.94. The number of hydrogen-bond acceptors (Lipinski definition) is 3. The van der Waals surface area contributed by atoms with Crippen LogP contribution in [0, 0.1) is 11.8 Å². The predicted octanol–water partition coefficient (Wildman–Crippen LogP) is 2.29. The third kappa shape index (κ3) is 3.81. The van der Waals surface area contributed by atoms with E-state index in [2.05, 4.69) is 54.4 Å². The van der Waals surface area contributed by atoms with Gasteiger partial charge in [-0.25, -0.2) is 0 Å². The number of hydrogen-bond donors (Lipinski definition) is 2. The summed E-state index contributed by atoms with van der Waals surface area (Å²) in [4.78, 5) is 2.41. The highest BCUT2D eigenvalue weighted by molar-refractivity contribution is 5.19. The fraction of sp³-hybridized carbons (Fsp3) is 0.647. The molecule has 1 aliphatic heterocycles. The first-order valence-corrected chi connectivity index (χ1v) is 7.74. The number of aliphatic hydroxyl groups excluding tert-OH is 1. The summed E-state index contributed by atoms with van der Waals surface area (Å²) in [7, 11) is 2.03. The normalized spacial score (nSPS) is 27.2. The molecule has 1 heterocycles. The molecule has 0 aliphatic carbocycles. The van der Waals surface area contributed by atoms with E-state index in [9.17, 15) is 5.11 Å². The van der Waals surface area contributed by atoms with Crippen molar-refractivity contribution in [3.63, 3.8) is 0 Å². The maximum Gasteiger partial charge on any atom is 0.0693 e. The smallest absolute Gasteiger partial charge is 0.0693 e. The molecule has 0 spiro atoms. The molecule has 4 unspecified atom stereocenters. The molecule has 0 amide bonds. The van der Waals surface area contributed by atoms with Crippen LogP contribution in [-0.2, 0) is 0 Å². The molecule has 1 saturated heterocycles. The average Bonchev–Trinajstić information content (AvgIpc) is 2.45. The lowest BCUT2D eigenvalue weighted by Gasteiger charge is -2.37. The third-order valence-electron chi connectivity index (χ3n) is 4.59. The van der Waals surface area contributed by atoms with Crippen molar-refractivity contribution in [2.45, 2.75) is 32.4 Å². The summed E-state index contributed by atoms with van der Waals surface area (Å²) in [5, 5.41) is 13.5. The zero-order valence-corrected chi connectivity index (χ0v) is 12.9. The summed E-state index contributed by atoms with van der Waals surface area (Å²) in [6, 6.07) is 11.0. The topological polar surface area (TPSA) is 35.5 Å². The van der Waals surface area contributed by atoms with Gasteiger partial charge in [0.1, 0.15) is 0 Å². The van der Waals surface area contributed by atoms with E-state index in [1.807, 2.05) is 7.05 Å². The predicted molar refractivity (Wildman–Crippen MR) is 83.6 cm³/mol. The quantitative estimate of drug-likeness (QED) is 0.866. The molecular formula is C17H28N2O. The van der Waals surface area contributed by atoms with Crippen LogP contribution in [-0.4, -0.2) is 42.8 Å². The molecule has 20 heavy (non-hydrogen) atoms. The second kappa shape index (κ2) is 7.21. The minimum Gasteiger partial charge on any atom is -0.392 e. The molecule has 0 aromatic heterocycles. The van der Waals surface area contributed by atoms with Crippen molar-refractivity contribution >= 4 is 0 Å². The Labute approximate surface area is 123 Å². The molecule has 112 valence electrons. The van der Waals surface area contributed by atoms with Crippen LogP contribution < -0.4 is 5.32 Å². The van der Waals surface area contributed by atoms with E-state index < -0.39 is 0 Å². The second-order valence-corrected chi connectivity index (χ2v) is 6.25. The molecule has 1 fully saturated rings. The number of nitrogens with zero attached hydrogens (tertiary/aromatic N) is 1. The van der Waals surface area contributed by atoms with Gasteiger partial charge in [-0.1, -0.05) is 44.2 Å². The van der Waals surface area contributed by atoms with Crippen LogP contribution >= 0.6 is 0 Å². The van der Waals surface area contributed by atoms with E-state index >= 15 is 0 Å². The minimum absolute atomic E-state index is 0.166. The fourth-order valence-corrected chi connectivity index (χ4v) is 3.23. The molecule has 2 N–H and O–H groups in total. The van der Waals surface area contributed by atoms with Gasteiger partial charge < -0.3 is 15.3 Å². The molecule has 1 aliphatic rings. The van der Waals surface area contributed by atoms with E-state index in [4.69, 9.17) is 0 Å². The zero-order chi connectivity index (χ0) is 14.5. The average molecular weight is 276 g/mol. The minimum atomic E-state index is -0.166. The first kappa shape index (κ1) is 15.5. The van der Waals surface area contributed by atoms with E-state index in [1.165, 1.54) is 5.56 Å². The van der Waals surface area contributed by atoms with Crippen LogP contribution in [0.25, 0.3) is 0 Å². The lowest BCUT2D eigenvalue weighted by atomic mass is 9.91. The number of likely N-dealkylation sites (tertiary alicyclic amines) is 1. The Hall–Kier alpha value is -0.900. The highest BCUT2D eigenvalue weighted by Gasteiger charge is 2.27. The van der Waals surface area contributed by atoms with Gasteiger partial charge in [-0.2, -0.15) is 0 Å². The van der Waals surface area contributed by atoms with Gasteiger partial charge in [0.15, 0.2) is 0 Å². The van der Waals surface area contributed by atoms with Gasteiger partial charge in [-0.05, 0) is 37.4 Å². The van der Waals surface area contributed by atoms with Crippen molar-refractivity contribution in [3.05, 3.63) is 35.9 Å². The first-order valence-electron chi connectivity index (χ1n) is 7.74. The molecule has 2 rings (SSSR count). The summed E-state index contributed by atoms with van der Waals surface area (Å²) in [5.41, 5.74) is 1.34. The molecule has 1 aromatic rings. The standard InChI is InChI=1S/C17H28N2O/c1-13-9-10-19(12-16(13)20)11-14(2)17(18-3)15-7-5-4-6-8-15/h4-8,13-14,16-18,20H,9-12H2,1-3H3. The van der Waals surface area contributed by atoms with Crippen LogP contribution in [0.5, 0.6) is 0 Å². The summed E-state index contributed by atoms with van der Waals surface area (Å²) < 4.78 is 0. The number of rotatable bonds is 5. The second-order valence-electron chi connectivity index (χ2n) is 6.25. The van der Waals surface area contributed by atoms with Gasteiger partial charge in [0.05, 0.1) is 6.10 Å². The van der Waals surface area contributed by atoms with Crippen LogP contribution in [0.2, 0.25) is 0 Å². The third-order valence-corrected chi connectivity index (χ3v) is 4.59. The molecular weight excluding hydrogens is 248 g/mol. The summed E-state index contributed by atoms with van der Waals surface area (Å²) >= 11 is 0. The Kier molecular flexibility index (Phi) is 5.58. The lowest BCUT2D eigenvalue weighted by Crippen LogP contribution is -2.45.